The molecule has 3 aromatic rings. The Morgan fingerprint density at radius 2 is 1.96 bits per heavy atom. The van der Waals surface area contributed by atoms with Crippen LogP contribution in [0.5, 0.6) is 0 Å². The zero-order chi connectivity index (χ0) is 18.4. The molecule has 3 aromatic heterocycles. The zero-order valence-corrected chi connectivity index (χ0v) is 14.7. The number of piperidine rings is 1. The zero-order valence-electron chi connectivity index (χ0n) is 14.7. The number of nitrogen functional groups attached to an aromatic ring is 1. The molecule has 0 aliphatic carbocycles. The van der Waals surface area contributed by atoms with Crippen molar-refractivity contribution in [1.82, 2.24) is 24.5 Å². The predicted octanol–water partition coefficient (Wildman–Crippen LogP) is 1.30. The highest BCUT2D eigenvalue weighted by atomic mass is 16.1. The molecule has 1 fully saturated rings. The van der Waals surface area contributed by atoms with Gasteiger partial charge in [0.15, 0.2) is 0 Å². The first kappa shape index (κ1) is 15.9. The summed E-state index contributed by atoms with van der Waals surface area (Å²) in [7, 11) is 0. The third-order valence-electron chi connectivity index (χ3n) is 5.41. The Hall–Kier alpha value is -3.29. The number of pyridine rings is 1. The number of anilines is 2. The van der Waals surface area contributed by atoms with E-state index in [2.05, 4.69) is 30.9 Å². The number of fused-ring (bicyclic) bond motifs is 4. The molecule has 0 unspecified atom stereocenters. The van der Waals surface area contributed by atoms with Gasteiger partial charge in [0.25, 0.3) is 5.56 Å². The molecule has 2 bridgehead atoms. The molecule has 1 saturated heterocycles. The average molecular weight is 361 g/mol. The molecule has 5 rings (SSSR count). The van der Waals surface area contributed by atoms with Crippen LogP contribution in [0, 0.1) is 5.92 Å². The summed E-state index contributed by atoms with van der Waals surface area (Å²) in [6, 6.07) is 5.42. The smallest absolute Gasteiger partial charge is 0.251 e. The van der Waals surface area contributed by atoms with Crippen LogP contribution in [0.25, 0.3) is 11.3 Å². The normalized spacial score (nSPS) is 21.0. The Labute approximate surface area is 155 Å². The number of nitrogens with zero attached hydrogens (tertiary/aromatic N) is 6. The van der Waals surface area contributed by atoms with E-state index in [0.29, 0.717) is 17.4 Å². The molecule has 2 aliphatic heterocycles. The first-order valence-electron chi connectivity index (χ1n) is 9.01. The largest absolute Gasteiger partial charge is 0.384 e. The maximum absolute atomic E-state index is 12.8. The second kappa shape index (κ2) is 6.15. The van der Waals surface area contributed by atoms with Crippen molar-refractivity contribution in [1.29, 1.82) is 0 Å². The fourth-order valence-corrected chi connectivity index (χ4v) is 4.28. The van der Waals surface area contributed by atoms with E-state index >= 15 is 0 Å². The van der Waals surface area contributed by atoms with Gasteiger partial charge in [0, 0.05) is 61.3 Å². The van der Waals surface area contributed by atoms with E-state index in [4.69, 9.17) is 5.73 Å². The maximum atomic E-state index is 12.8. The van der Waals surface area contributed by atoms with Gasteiger partial charge >= 0.3 is 0 Å². The molecule has 0 aromatic carbocycles. The van der Waals surface area contributed by atoms with Crippen molar-refractivity contribution in [2.75, 3.05) is 23.7 Å². The standard InChI is InChI=1S/C19H19N7O/c20-17-6-15(23-11-24-17)13-4-16-14-3-12(9-26(16)19(27)5-13)8-25(10-14)18-7-21-1-2-22-18/h1-2,4-7,11-12,14H,3,8-10H2,(H2,20,23,24)/t12-,14+/m0/s1. The van der Waals surface area contributed by atoms with Crippen LogP contribution in [0.2, 0.25) is 0 Å². The van der Waals surface area contributed by atoms with Gasteiger partial charge in [-0.2, -0.15) is 0 Å². The molecule has 5 heterocycles. The van der Waals surface area contributed by atoms with E-state index in [-0.39, 0.29) is 11.5 Å². The second-order valence-electron chi connectivity index (χ2n) is 7.21. The van der Waals surface area contributed by atoms with Crippen LogP contribution in [0.4, 0.5) is 11.6 Å². The van der Waals surface area contributed by atoms with Gasteiger partial charge in [0.2, 0.25) is 0 Å². The molecule has 27 heavy (non-hydrogen) atoms. The van der Waals surface area contributed by atoms with Gasteiger partial charge in [-0.1, -0.05) is 0 Å². The number of aromatic nitrogens is 5. The fraction of sp³-hybridized carbons (Fsp3) is 0.316. The van der Waals surface area contributed by atoms with E-state index in [9.17, 15) is 4.79 Å². The maximum Gasteiger partial charge on any atom is 0.251 e. The summed E-state index contributed by atoms with van der Waals surface area (Å²) in [6.45, 7) is 2.45. The lowest BCUT2D eigenvalue weighted by Gasteiger charge is -2.43. The number of hydrogen-bond donors (Lipinski definition) is 1. The lowest BCUT2D eigenvalue weighted by atomic mass is 9.82. The van der Waals surface area contributed by atoms with Crippen LogP contribution in [0.1, 0.15) is 18.0 Å². The summed E-state index contributed by atoms with van der Waals surface area (Å²) in [6.07, 6.45) is 7.70. The van der Waals surface area contributed by atoms with Gasteiger partial charge in [-0.05, 0) is 18.4 Å². The van der Waals surface area contributed by atoms with Crippen LogP contribution in [0.3, 0.4) is 0 Å². The van der Waals surface area contributed by atoms with Crippen molar-refractivity contribution >= 4 is 11.6 Å². The Bertz CT molecular complexity index is 1050. The van der Waals surface area contributed by atoms with Crippen LogP contribution in [-0.4, -0.2) is 37.6 Å². The minimum Gasteiger partial charge on any atom is -0.384 e. The van der Waals surface area contributed by atoms with Gasteiger partial charge in [0.1, 0.15) is 18.0 Å². The van der Waals surface area contributed by atoms with Gasteiger partial charge in [-0.3, -0.25) is 9.78 Å². The quantitative estimate of drug-likeness (QED) is 0.734. The number of hydrogen-bond acceptors (Lipinski definition) is 7. The lowest BCUT2D eigenvalue weighted by Crippen LogP contribution is -2.47. The first-order chi connectivity index (χ1) is 13.2. The van der Waals surface area contributed by atoms with Gasteiger partial charge in [-0.25, -0.2) is 15.0 Å². The topological polar surface area (TPSA) is 103 Å². The molecule has 0 amide bonds. The summed E-state index contributed by atoms with van der Waals surface area (Å²) in [4.78, 5) is 31.9. The van der Waals surface area contributed by atoms with Gasteiger partial charge < -0.3 is 15.2 Å². The van der Waals surface area contributed by atoms with Gasteiger partial charge in [0.05, 0.1) is 11.9 Å². The minimum absolute atomic E-state index is 0.0161. The summed E-state index contributed by atoms with van der Waals surface area (Å²) in [5.74, 6) is 1.98. The number of rotatable bonds is 2. The number of nitrogens with two attached hydrogens (primary N) is 1. The molecule has 0 saturated carbocycles. The van der Waals surface area contributed by atoms with Crippen LogP contribution >= 0.6 is 0 Å². The van der Waals surface area contributed by atoms with Crippen molar-refractivity contribution in [3.8, 4) is 11.3 Å². The molecule has 8 heteroatoms. The molecule has 136 valence electrons. The second-order valence-corrected chi connectivity index (χ2v) is 7.21. The van der Waals surface area contributed by atoms with Gasteiger partial charge in [-0.15, -0.1) is 0 Å². The SMILES string of the molecule is Nc1cc(-c2cc3n(c(=O)c2)C[C@H]2C[C@@H]3CN(c3cnccn3)C2)ncn1. The lowest BCUT2D eigenvalue weighted by molar-refractivity contribution is 0.280. The third-order valence-corrected chi connectivity index (χ3v) is 5.41. The van der Waals surface area contributed by atoms with Crippen molar-refractivity contribution < 1.29 is 0 Å². The Morgan fingerprint density at radius 3 is 2.78 bits per heavy atom. The van der Waals surface area contributed by atoms with Crippen LogP contribution in [0.15, 0.2) is 47.9 Å². The summed E-state index contributed by atoms with van der Waals surface area (Å²) < 4.78 is 1.92. The first-order valence-corrected chi connectivity index (χ1v) is 9.01. The molecule has 0 radical (unpaired) electrons. The van der Waals surface area contributed by atoms with E-state index in [1.165, 1.54) is 6.33 Å². The summed E-state index contributed by atoms with van der Waals surface area (Å²) >= 11 is 0. The minimum atomic E-state index is 0.0161. The summed E-state index contributed by atoms with van der Waals surface area (Å²) in [5, 5.41) is 0. The molecule has 2 N–H and O–H groups in total. The van der Waals surface area contributed by atoms with Crippen molar-refractivity contribution in [2.24, 2.45) is 5.92 Å². The molecule has 0 spiro atoms. The molecule has 2 aliphatic rings. The average Bonchev–Trinajstić information content (AvgIpc) is 2.69. The highest BCUT2D eigenvalue weighted by molar-refractivity contribution is 5.62. The Kier molecular flexibility index (Phi) is 3.63. The molecular weight excluding hydrogens is 342 g/mol. The molecule has 8 nitrogen and oxygen atoms in total. The van der Waals surface area contributed by atoms with Crippen molar-refractivity contribution in [3.05, 3.63) is 59.2 Å². The van der Waals surface area contributed by atoms with E-state index in [1.54, 1.807) is 30.7 Å². The van der Waals surface area contributed by atoms with Crippen LogP contribution in [-0.2, 0) is 6.54 Å². The van der Waals surface area contributed by atoms with E-state index in [0.717, 1.165) is 43.1 Å². The third kappa shape index (κ3) is 2.83. The highest BCUT2D eigenvalue weighted by Gasteiger charge is 2.35. The Morgan fingerprint density at radius 1 is 1.04 bits per heavy atom. The predicted molar refractivity (Wildman–Crippen MR) is 101 cm³/mol. The van der Waals surface area contributed by atoms with Crippen LogP contribution < -0.4 is 16.2 Å². The van der Waals surface area contributed by atoms with Crippen molar-refractivity contribution in [2.45, 2.75) is 18.9 Å². The molecular formula is C19H19N7O. The molecule has 2 atom stereocenters. The fourth-order valence-electron chi connectivity index (χ4n) is 4.28. The monoisotopic (exact) mass is 361 g/mol. The van der Waals surface area contributed by atoms with E-state index < -0.39 is 0 Å². The summed E-state index contributed by atoms with van der Waals surface area (Å²) in [5.41, 5.74) is 8.31. The van der Waals surface area contributed by atoms with E-state index in [1.807, 2.05) is 4.57 Å². The Balaban J connectivity index is 1.55. The highest BCUT2D eigenvalue weighted by Crippen LogP contribution is 2.37. The van der Waals surface area contributed by atoms with Crippen molar-refractivity contribution in [3.63, 3.8) is 0 Å².